The van der Waals surface area contributed by atoms with Gasteiger partial charge in [0.25, 0.3) is 11.8 Å². The average Bonchev–Trinajstić information content (AvgIpc) is 3.05. The molecule has 33 heavy (non-hydrogen) atoms. The van der Waals surface area contributed by atoms with E-state index in [2.05, 4.69) is 19.2 Å². The lowest BCUT2D eigenvalue weighted by atomic mass is 10.0. The lowest BCUT2D eigenvalue weighted by Crippen LogP contribution is -2.32. The molecule has 6 heteroatoms. The normalized spacial score (nSPS) is 13.8. The quantitative estimate of drug-likeness (QED) is 0.423. The number of hydrogen-bond acceptors (Lipinski definition) is 4. The van der Waals surface area contributed by atoms with Gasteiger partial charge < -0.3 is 10.1 Å². The van der Waals surface area contributed by atoms with E-state index in [0.29, 0.717) is 40.1 Å². The van der Waals surface area contributed by atoms with Gasteiger partial charge in [-0.1, -0.05) is 49.7 Å². The van der Waals surface area contributed by atoms with Crippen LogP contribution in [-0.2, 0) is 9.59 Å². The zero-order valence-electron chi connectivity index (χ0n) is 18.8. The smallest absolute Gasteiger partial charge is 0.282 e. The first kappa shape index (κ1) is 22.6. The summed E-state index contributed by atoms with van der Waals surface area (Å²) in [6, 6.07) is 21.7. The molecule has 5 nitrogen and oxygen atoms in total. The highest BCUT2D eigenvalue weighted by molar-refractivity contribution is 6.46. The number of carbonyl (C=O) groups excluding carboxylic acids is 2. The number of carbonyl (C=O) groups is 2. The third-order valence-electron chi connectivity index (χ3n) is 5.47. The largest absolute Gasteiger partial charge is 0.494 e. The van der Waals surface area contributed by atoms with Crippen LogP contribution in [-0.4, -0.2) is 18.4 Å². The van der Waals surface area contributed by atoms with E-state index < -0.39 is 11.8 Å². The molecule has 3 aromatic rings. The molecule has 1 aliphatic rings. The Morgan fingerprint density at radius 3 is 2.09 bits per heavy atom. The number of nitrogens with one attached hydrogen (secondary N) is 1. The van der Waals surface area contributed by atoms with Gasteiger partial charge in [-0.2, -0.15) is 0 Å². The van der Waals surface area contributed by atoms with Crippen molar-refractivity contribution in [1.82, 2.24) is 0 Å². The predicted molar refractivity (Wildman–Crippen MR) is 133 cm³/mol. The summed E-state index contributed by atoms with van der Waals surface area (Å²) in [5.41, 5.74) is 3.57. The lowest BCUT2D eigenvalue weighted by Gasteiger charge is -2.15. The molecule has 168 valence electrons. The van der Waals surface area contributed by atoms with E-state index in [0.717, 1.165) is 5.69 Å². The number of ether oxygens (including phenoxy) is 1. The van der Waals surface area contributed by atoms with Gasteiger partial charge in [-0.05, 0) is 72.5 Å². The van der Waals surface area contributed by atoms with Gasteiger partial charge in [0.15, 0.2) is 0 Å². The first-order chi connectivity index (χ1) is 15.9. The van der Waals surface area contributed by atoms with Crippen LogP contribution in [0.2, 0.25) is 5.02 Å². The standard InChI is InChI=1S/C27H25ClN2O3/c1-4-33-23-15-7-19(8-16-23)24-25(29-21-11-5-18(6-12-21)17(2)3)27(32)30(26(24)31)22-13-9-20(28)10-14-22/h5-17,29H,4H2,1-3H3. The van der Waals surface area contributed by atoms with Crippen molar-refractivity contribution in [2.24, 2.45) is 0 Å². The van der Waals surface area contributed by atoms with Crippen molar-refractivity contribution in [3.05, 3.63) is 94.6 Å². The molecule has 0 aromatic heterocycles. The lowest BCUT2D eigenvalue weighted by molar-refractivity contribution is -0.120. The second-order valence-corrected chi connectivity index (χ2v) is 8.47. The molecule has 0 atom stereocenters. The van der Waals surface area contributed by atoms with E-state index in [9.17, 15) is 9.59 Å². The number of hydrogen-bond donors (Lipinski definition) is 1. The highest BCUT2D eigenvalue weighted by atomic mass is 35.5. The summed E-state index contributed by atoms with van der Waals surface area (Å²) in [7, 11) is 0. The Morgan fingerprint density at radius 1 is 0.879 bits per heavy atom. The fraction of sp³-hybridized carbons (Fsp3) is 0.185. The van der Waals surface area contributed by atoms with Gasteiger partial charge in [0.05, 0.1) is 17.9 Å². The molecule has 2 amide bonds. The monoisotopic (exact) mass is 460 g/mol. The Bertz CT molecular complexity index is 1200. The number of amides is 2. The maximum Gasteiger partial charge on any atom is 0.282 e. The van der Waals surface area contributed by atoms with E-state index in [-0.39, 0.29) is 5.70 Å². The van der Waals surface area contributed by atoms with Crippen molar-refractivity contribution in [2.45, 2.75) is 26.7 Å². The van der Waals surface area contributed by atoms with Crippen LogP contribution >= 0.6 is 11.6 Å². The fourth-order valence-electron chi connectivity index (χ4n) is 3.72. The van der Waals surface area contributed by atoms with Crippen molar-refractivity contribution in [1.29, 1.82) is 0 Å². The number of benzene rings is 3. The topological polar surface area (TPSA) is 58.6 Å². The van der Waals surface area contributed by atoms with Crippen LogP contribution in [0, 0.1) is 0 Å². The Labute approximate surface area is 198 Å². The molecule has 0 unspecified atom stereocenters. The Kier molecular flexibility index (Phi) is 6.52. The minimum Gasteiger partial charge on any atom is -0.494 e. The molecular weight excluding hydrogens is 436 g/mol. The summed E-state index contributed by atoms with van der Waals surface area (Å²) < 4.78 is 5.52. The van der Waals surface area contributed by atoms with E-state index >= 15 is 0 Å². The Morgan fingerprint density at radius 2 is 1.52 bits per heavy atom. The SMILES string of the molecule is CCOc1ccc(C2=C(Nc3ccc(C(C)C)cc3)C(=O)N(c3ccc(Cl)cc3)C2=O)cc1. The van der Waals surface area contributed by atoms with E-state index in [1.54, 1.807) is 48.5 Å². The zero-order chi connectivity index (χ0) is 23.5. The summed E-state index contributed by atoms with van der Waals surface area (Å²) in [5, 5.41) is 3.73. The fourth-order valence-corrected chi connectivity index (χ4v) is 3.84. The second kappa shape index (κ2) is 9.51. The van der Waals surface area contributed by atoms with Gasteiger partial charge in [-0.25, -0.2) is 4.90 Å². The molecule has 0 radical (unpaired) electrons. The molecule has 1 aliphatic heterocycles. The first-order valence-electron chi connectivity index (χ1n) is 10.9. The molecule has 0 saturated carbocycles. The van der Waals surface area contributed by atoms with Crippen molar-refractivity contribution >= 4 is 40.4 Å². The van der Waals surface area contributed by atoms with Gasteiger partial charge in [-0.15, -0.1) is 0 Å². The van der Waals surface area contributed by atoms with E-state index in [4.69, 9.17) is 16.3 Å². The van der Waals surface area contributed by atoms with Crippen molar-refractivity contribution in [2.75, 3.05) is 16.8 Å². The van der Waals surface area contributed by atoms with Gasteiger partial charge in [0, 0.05) is 10.7 Å². The number of halogens is 1. The average molecular weight is 461 g/mol. The first-order valence-corrected chi connectivity index (χ1v) is 11.3. The molecule has 0 bridgehead atoms. The van der Waals surface area contributed by atoms with Crippen LogP contribution in [0.4, 0.5) is 11.4 Å². The van der Waals surface area contributed by atoms with Crippen LogP contribution in [0.25, 0.3) is 5.57 Å². The van der Waals surface area contributed by atoms with Gasteiger partial charge >= 0.3 is 0 Å². The molecule has 0 spiro atoms. The zero-order valence-corrected chi connectivity index (χ0v) is 19.5. The number of imide groups is 1. The van der Waals surface area contributed by atoms with Crippen LogP contribution < -0.4 is 15.0 Å². The summed E-state index contributed by atoms with van der Waals surface area (Å²) >= 11 is 6.00. The maximum atomic E-state index is 13.5. The predicted octanol–water partition coefficient (Wildman–Crippen LogP) is 6.26. The van der Waals surface area contributed by atoms with Gasteiger partial charge in [0.2, 0.25) is 0 Å². The molecule has 4 rings (SSSR count). The molecular formula is C27H25ClN2O3. The summed E-state index contributed by atoms with van der Waals surface area (Å²) in [4.78, 5) is 28.1. The highest BCUT2D eigenvalue weighted by Gasteiger charge is 2.40. The minimum absolute atomic E-state index is 0.233. The molecule has 3 aromatic carbocycles. The number of nitrogens with zero attached hydrogens (tertiary/aromatic N) is 1. The maximum absolute atomic E-state index is 13.5. The number of anilines is 2. The molecule has 0 aliphatic carbocycles. The van der Waals surface area contributed by atoms with Crippen LogP contribution in [0.5, 0.6) is 5.75 Å². The van der Waals surface area contributed by atoms with Gasteiger partial charge in [0.1, 0.15) is 11.4 Å². The third kappa shape index (κ3) is 4.64. The number of rotatable bonds is 7. The second-order valence-electron chi connectivity index (χ2n) is 8.03. The summed E-state index contributed by atoms with van der Waals surface area (Å²) in [6.45, 7) is 6.70. The van der Waals surface area contributed by atoms with E-state index in [1.807, 2.05) is 31.2 Å². The Hall–Kier alpha value is -3.57. The minimum atomic E-state index is -0.417. The van der Waals surface area contributed by atoms with Crippen LogP contribution in [0.1, 0.15) is 37.8 Å². The summed E-state index contributed by atoms with van der Waals surface area (Å²) in [6.07, 6.45) is 0. The molecule has 1 heterocycles. The van der Waals surface area contributed by atoms with Crippen LogP contribution in [0.15, 0.2) is 78.5 Å². The molecule has 1 N–H and O–H groups in total. The molecule has 0 fully saturated rings. The van der Waals surface area contributed by atoms with E-state index in [1.165, 1.54) is 10.5 Å². The van der Waals surface area contributed by atoms with Crippen molar-refractivity contribution in [3.8, 4) is 5.75 Å². The van der Waals surface area contributed by atoms with Crippen LogP contribution in [0.3, 0.4) is 0 Å². The highest BCUT2D eigenvalue weighted by Crippen LogP contribution is 2.35. The third-order valence-corrected chi connectivity index (χ3v) is 5.72. The van der Waals surface area contributed by atoms with Crippen molar-refractivity contribution in [3.63, 3.8) is 0 Å². The Balaban J connectivity index is 1.75. The molecule has 0 saturated heterocycles. The summed E-state index contributed by atoms with van der Waals surface area (Å²) in [5.74, 6) is 0.284. The van der Waals surface area contributed by atoms with Gasteiger partial charge in [-0.3, -0.25) is 9.59 Å². The van der Waals surface area contributed by atoms with Crippen molar-refractivity contribution < 1.29 is 14.3 Å².